The van der Waals surface area contributed by atoms with Gasteiger partial charge in [-0.2, -0.15) is 0 Å². The highest BCUT2D eigenvalue weighted by Gasteiger charge is 2.29. The Balaban J connectivity index is 1.76. The molecule has 0 saturated carbocycles. The molecule has 3 heterocycles. The van der Waals surface area contributed by atoms with E-state index >= 15 is 0 Å². The monoisotopic (exact) mass is 334 g/mol. The Labute approximate surface area is 137 Å². The topological polar surface area (TPSA) is 107 Å². The Morgan fingerprint density at radius 2 is 2.30 bits per heavy atom. The fourth-order valence-electron chi connectivity index (χ4n) is 2.93. The second-order valence-electron chi connectivity index (χ2n) is 5.66. The number of piperidine rings is 1. The smallest absolute Gasteiger partial charge is 0.267 e. The van der Waals surface area contributed by atoms with Crippen LogP contribution in [-0.2, 0) is 11.3 Å². The molecule has 1 fully saturated rings. The zero-order chi connectivity index (χ0) is 16.4. The van der Waals surface area contributed by atoms with Crippen LogP contribution in [0.25, 0.3) is 0 Å². The number of amides is 2. The Morgan fingerprint density at radius 3 is 3.00 bits per heavy atom. The maximum atomic E-state index is 12.6. The number of imidazole rings is 1. The van der Waals surface area contributed by atoms with Crippen molar-refractivity contribution in [3.63, 3.8) is 0 Å². The summed E-state index contributed by atoms with van der Waals surface area (Å²) in [6.45, 7) is 3.19. The molecule has 0 aromatic carbocycles. The molecule has 1 saturated heterocycles. The summed E-state index contributed by atoms with van der Waals surface area (Å²) in [7, 11) is 0. The lowest BCUT2D eigenvalue weighted by molar-refractivity contribution is -0.118. The molecular weight excluding hydrogens is 316 g/mol. The van der Waals surface area contributed by atoms with Crippen LogP contribution in [0.5, 0.6) is 0 Å². The standard InChI is InChI=1S/C14H18N6O2S/c1-9-12(23-18-17-9)14(22)20-5-2-3-10(7-20)13-16-4-6-19(13)8-11(15)21/h4,6,10H,2-3,5,7-8H2,1H3,(H2,15,21)/t10-/m1/s1. The Hall–Kier alpha value is -2.29. The van der Waals surface area contributed by atoms with Gasteiger partial charge in [0.05, 0.1) is 5.69 Å². The van der Waals surface area contributed by atoms with Gasteiger partial charge >= 0.3 is 0 Å². The third-order valence-corrected chi connectivity index (χ3v) is 4.81. The molecule has 2 aromatic rings. The van der Waals surface area contributed by atoms with E-state index in [4.69, 9.17) is 5.73 Å². The molecule has 3 rings (SSSR count). The van der Waals surface area contributed by atoms with E-state index in [1.54, 1.807) is 23.9 Å². The first-order valence-electron chi connectivity index (χ1n) is 7.44. The number of rotatable bonds is 4. The third kappa shape index (κ3) is 3.24. The Kier molecular flexibility index (Phi) is 4.37. The number of carbonyl (C=O) groups excluding carboxylic acids is 2. The second kappa shape index (κ2) is 6.45. The highest BCUT2D eigenvalue weighted by molar-refractivity contribution is 7.07. The van der Waals surface area contributed by atoms with Gasteiger partial charge in [0, 0.05) is 31.4 Å². The highest BCUT2D eigenvalue weighted by atomic mass is 32.1. The zero-order valence-corrected chi connectivity index (χ0v) is 13.6. The molecule has 1 atom stereocenters. The first kappa shape index (κ1) is 15.6. The minimum Gasteiger partial charge on any atom is -0.368 e. The molecule has 0 spiro atoms. The molecule has 0 aliphatic carbocycles. The van der Waals surface area contributed by atoms with Gasteiger partial charge < -0.3 is 15.2 Å². The van der Waals surface area contributed by atoms with Gasteiger partial charge in [-0.25, -0.2) is 4.98 Å². The molecule has 2 N–H and O–H groups in total. The number of aryl methyl sites for hydroxylation is 1. The lowest BCUT2D eigenvalue weighted by Crippen LogP contribution is -2.40. The first-order valence-corrected chi connectivity index (χ1v) is 8.21. The molecule has 2 amide bonds. The number of aromatic nitrogens is 4. The molecule has 0 radical (unpaired) electrons. The van der Waals surface area contributed by atoms with E-state index in [9.17, 15) is 9.59 Å². The normalized spacial score (nSPS) is 18.1. The fraction of sp³-hybridized carbons (Fsp3) is 0.500. The number of nitrogens with two attached hydrogens (primary N) is 1. The number of primary amides is 1. The summed E-state index contributed by atoms with van der Waals surface area (Å²) in [6.07, 6.45) is 5.24. The largest absolute Gasteiger partial charge is 0.368 e. The average Bonchev–Trinajstić information content (AvgIpc) is 3.15. The summed E-state index contributed by atoms with van der Waals surface area (Å²) in [5, 5.41) is 3.90. The molecule has 0 bridgehead atoms. The molecule has 122 valence electrons. The quantitative estimate of drug-likeness (QED) is 0.878. The minimum atomic E-state index is -0.403. The van der Waals surface area contributed by atoms with Crippen molar-refractivity contribution in [2.75, 3.05) is 13.1 Å². The number of likely N-dealkylation sites (tertiary alicyclic amines) is 1. The van der Waals surface area contributed by atoms with Crippen molar-refractivity contribution >= 4 is 23.3 Å². The van der Waals surface area contributed by atoms with Gasteiger partial charge in [0.25, 0.3) is 5.91 Å². The summed E-state index contributed by atoms with van der Waals surface area (Å²) < 4.78 is 5.59. The lowest BCUT2D eigenvalue weighted by atomic mass is 9.97. The Bertz CT molecular complexity index is 724. The van der Waals surface area contributed by atoms with Crippen LogP contribution in [0.4, 0.5) is 0 Å². The molecule has 23 heavy (non-hydrogen) atoms. The predicted molar refractivity (Wildman–Crippen MR) is 83.9 cm³/mol. The Morgan fingerprint density at radius 1 is 1.48 bits per heavy atom. The number of nitrogens with zero attached hydrogens (tertiary/aromatic N) is 5. The lowest BCUT2D eigenvalue weighted by Gasteiger charge is -2.32. The fourth-order valence-corrected chi connectivity index (χ4v) is 3.55. The van der Waals surface area contributed by atoms with Gasteiger partial charge in [-0.3, -0.25) is 9.59 Å². The van der Waals surface area contributed by atoms with Crippen molar-refractivity contribution in [2.45, 2.75) is 32.2 Å². The number of hydrogen-bond acceptors (Lipinski definition) is 6. The van der Waals surface area contributed by atoms with Crippen molar-refractivity contribution in [3.8, 4) is 0 Å². The number of hydrogen-bond donors (Lipinski definition) is 1. The summed E-state index contributed by atoms with van der Waals surface area (Å²) in [6, 6.07) is 0. The van der Waals surface area contributed by atoms with Crippen LogP contribution in [-0.4, -0.2) is 48.9 Å². The van der Waals surface area contributed by atoms with Crippen LogP contribution >= 0.6 is 11.5 Å². The van der Waals surface area contributed by atoms with E-state index < -0.39 is 5.91 Å². The van der Waals surface area contributed by atoms with Gasteiger partial charge in [-0.15, -0.1) is 5.10 Å². The van der Waals surface area contributed by atoms with E-state index in [-0.39, 0.29) is 18.4 Å². The first-order chi connectivity index (χ1) is 11.1. The van der Waals surface area contributed by atoms with Crippen molar-refractivity contribution in [1.82, 2.24) is 24.0 Å². The molecule has 2 aromatic heterocycles. The summed E-state index contributed by atoms with van der Waals surface area (Å²) in [5.74, 6) is 0.471. The van der Waals surface area contributed by atoms with Crippen LogP contribution in [0.15, 0.2) is 12.4 Å². The van der Waals surface area contributed by atoms with Crippen molar-refractivity contribution in [2.24, 2.45) is 5.73 Å². The maximum absolute atomic E-state index is 12.6. The summed E-state index contributed by atoms with van der Waals surface area (Å²) in [4.78, 5) is 30.5. The van der Waals surface area contributed by atoms with Gasteiger partial charge in [0.2, 0.25) is 5.91 Å². The molecule has 9 heteroatoms. The molecular formula is C14H18N6O2S. The second-order valence-corrected chi connectivity index (χ2v) is 6.41. The van der Waals surface area contributed by atoms with E-state index in [0.29, 0.717) is 23.7 Å². The van der Waals surface area contributed by atoms with E-state index in [0.717, 1.165) is 30.2 Å². The van der Waals surface area contributed by atoms with Gasteiger partial charge in [-0.05, 0) is 31.3 Å². The number of carbonyl (C=O) groups is 2. The zero-order valence-electron chi connectivity index (χ0n) is 12.8. The molecule has 1 aliphatic rings. The third-order valence-electron chi connectivity index (χ3n) is 3.99. The average molecular weight is 334 g/mol. The van der Waals surface area contributed by atoms with Crippen molar-refractivity contribution in [3.05, 3.63) is 28.8 Å². The summed E-state index contributed by atoms with van der Waals surface area (Å²) in [5.41, 5.74) is 5.94. The van der Waals surface area contributed by atoms with E-state index in [2.05, 4.69) is 14.6 Å². The minimum absolute atomic E-state index is 0.0322. The molecule has 1 aliphatic heterocycles. The van der Waals surface area contributed by atoms with Crippen molar-refractivity contribution in [1.29, 1.82) is 0 Å². The van der Waals surface area contributed by atoms with Crippen molar-refractivity contribution < 1.29 is 9.59 Å². The van der Waals surface area contributed by atoms with Gasteiger partial charge in [-0.1, -0.05) is 4.49 Å². The SMILES string of the molecule is Cc1nnsc1C(=O)N1CCC[C@@H](c2nccn2CC(N)=O)C1. The van der Waals surface area contributed by atoms with Crippen LogP contribution < -0.4 is 5.73 Å². The van der Waals surface area contributed by atoms with E-state index in [1.807, 2.05) is 4.90 Å². The summed E-state index contributed by atoms with van der Waals surface area (Å²) >= 11 is 1.13. The van der Waals surface area contributed by atoms with Crippen LogP contribution in [0.3, 0.4) is 0 Å². The molecule has 8 nitrogen and oxygen atoms in total. The van der Waals surface area contributed by atoms with Crippen LogP contribution in [0.2, 0.25) is 0 Å². The van der Waals surface area contributed by atoms with E-state index in [1.165, 1.54) is 0 Å². The molecule has 0 unspecified atom stereocenters. The predicted octanol–water partition coefficient (Wildman–Crippen LogP) is 0.548. The van der Waals surface area contributed by atoms with Gasteiger partial charge in [0.1, 0.15) is 17.2 Å². The van der Waals surface area contributed by atoms with Crippen LogP contribution in [0.1, 0.15) is 39.9 Å². The van der Waals surface area contributed by atoms with Gasteiger partial charge in [0.15, 0.2) is 0 Å². The maximum Gasteiger partial charge on any atom is 0.267 e. The van der Waals surface area contributed by atoms with Crippen LogP contribution in [0, 0.1) is 6.92 Å². The highest BCUT2D eigenvalue weighted by Crippen LogP contribution is 2.27.